The molecular formula is C68H100O8. The van der Waals surface area contributed by atoms with Gasteiger partial charge in [0.25, 0.3) is 0 Å². The summed E-state index contributed by atoms with van der Waals surface area (Å²) in [4.78, 5) is 31.3. The van der Waals surface area contributed by atoms with Crippen LogP contribution in [0, 0.1) is 0 Å². The molecule has 8 nitrogen and oxygen atoms in total. The third kappa shape index (κ3) is 21.8. The van der Waals surface area contributed by atoms with E-state index in [4.69, 9.17) is 28.4 Å². The van der Waals surface area contributed by atoms with E-state index in [1.807, 2.05) is 60.7 Å². The van der Waals surface area contributed by atoms with E-state index in [0.717, 1.165) is 88.2 Å². The highest BCUT2D eigenvalue weighted by atomic mass is 16.5. The first-order chi connectivity index (χ1) is 37.5. The van der Waals surface area contributed by atoms with Crippen molar-refractivity contribution < 1.29 is 38.0 Å². The molecule has 0 radical (unpaired) electrons. The van der Waals surface area contributed by atoms with E-state index in [2.05, 4.69) is 27.7 Å². The number of carbonyl (C=O) groups excluding carboxylic acids is 2. The summed E-state index contributed by atoms with van der Waals surface area (Å²) in [6, 6.07) is 23.3. The van der Waals surface area contributed by atoms with Gasteiger partial charge in [-0.2, -0.15) is 0 Å². The minimum absolute atomic E-state index is 0.168. The lowest BCUT2D eigenvalue weighted by Crippen LogP contribution is -2.25. The Kier molecular flexibility index (Phi) is 31.4. The van der Waals surface area contributed by atoms with Crippen LogP contribution >= 0.6 is 0 Å². The van der Waals surface area contributed by atoms with E-state index in [0.29, 0.717) is 49.4 Å². The van der Waals surface area contributed by atoms with Crippen molar-refractivity contribution in [2.75, 3.05) is 26.4 Å². The summed E-state index contributed by atoms with van der Waals surface area (Å²) in [6.45, 7) is 11.1. The molecule has 0 saturated heterocycles. The van der Waals surface area contributed by atoms with Crippen LogP contribution in [-0.2, 0) is 13.2 Å². The predicted molar refractivity (Wildman–Crippen MR) is 314 cm³/mol. The second-order valence-electron chi connectivity index (χ2n) is 21.4. The van der Waals surface area contributed by atoms with Crippen LogP contribution in [0.5, 0.6) is 34.5 Å². The molecule has 0 unspecified atom stereocenters. The average Bonchev–Trinajstić information content (AvgIpc) is 3.50. The molecule has 4 aromatic rings. The van der Waals surface area contributed by atoms with Crippen molar-refractivity contribution in [2.45, 2.75) is 246 Å². The molecule has 0 atom stereocenters. The minimum Gasteiger partial charge on any atom is -0.490 e. The molecule has 0 aliphatic heterocycles. The normalized spacial score (nSPS) is 11.9. The zero-order chi connectivity index (χ0) is 53.7. The summed E-state index contributed by atoms with van der Waals surface area (Å²) >= 11 is 0. The average molecular weight is 1050 g/mol. The summed E-state index contributed by atoms with van der Waals surface area (Å²) in [6.07, 6.45) is 37.2. The molecule has 0 N–H and O–H groups in total. The van der Waals surface area contributed by atoms with Gasteiger partial charge in [-0.05, 0) is 48.9 Å². The molecule has 76 heavy (non-hydrogen) atoms. The number of hydrogen-bond acceptors (Lipinski definition) is 8. The molecular weight excluding hydrogens is 945 g/mol. The number of carbonyl (C=O) groups is 2. The Hall–Kier alpha value is -4.98. The van der Waals surface area contributed by atoms with E-state index in [1.165, 1.54) is 128 Å². The van der Waals surface area contributed by atoms with Gasteiger partial charge in [-0.3, -0.25) is 9.59 Å². The molecule has 0 saturated carbocycles. The zero-order valence-corrected chi connectivity index (χ0v) is 48.1. The van der Waals surface area contributed by atoms with Gasteiger partial charge in [0.1, 0.15) is 13.2 Å². The summed E-state index contributed by atoms with van der Waals surface area (Å²) in [7, 11) is 0. The molecule has 0 spiro atoms. The molecule has 8 heteroatoms. The topological polar surface area (TPSA) is 89.5 Å². The van der Waals surface area contributed by atoms with Crippen molar-refractivity contribution in [3.8, 4) is 34.5 Å². The minimum atomic E-state index is -0.352. The first kappa shape index (κ1) is 61.9. The van der Waals surface area contributed by atoms with Gasteiger partial charge in [-0.1, -0.05) is 268 Å². The summed E-state index contributed by atoms with van der Waals surface area (Å²) < 4.78 is 40.5. The van der Waals surface area contributed by atoms with Gasteiger partial charge in [-0.25, -0.2) is 0 Å². The standard InChI is InChI=1S/C68H100O8/c1-5-9-13-17-21-25-29-39-47-71-59-51-57-61(67(75-53-55-43-35-33-36-44-55)65(59)73-49-41-31-27-23-19-15-11-7-3)64(70)58-52-60(72-48-40-30-26-22-18-14-10-6-2)66(74-50-42-32-28-24-20-16-12-8-4)68(62(58)63(57)69)76-54-56-45-37-34-38-46-56/h33-38,43-46,51-52H,5-32,39-42,47-50,53-54H2,1-4H3. The number of fused-ring (bicyclic) bond motifs is 2. The van der Waals surface area contributed by atoms with Gasteiger partial charge in [-0.15, -0.1) is 0 Å². The number of ether oxygens (including phenoxy) is 6. The molecule has 0 fully saturated rings. The lowest BCUT2D eigenvalue weighted by atomic mass is 9.82. The third-order valence-corrected chi connectivity index (χ3v) is 14.8. The largest absolute Gasteiger partial charge is 0.490 e. The van der Waals surface area contributed by atoms with Gasteiger partial charge < -0.3 is 28.4 Å². The smallest absolute Gasteiger partial charge is 0.204 e. The Morgan fingerprint density at radius 2 is 0.553 bits per heavy atom. The van der Waals surface area contributed by atoms with Crippen LogP contribution in [-0.4, -0.2) is 38.0 Å². The lowest BCUT2D eigenvalue weighted by Gasteiger charge is -2.27. The van der Waals surface area contributed by atoms with Gasteiger partial charge in [0.15, 0.2) is 34.6 Å². The van der Waals surface area contributed by atoms with Crippen LogP contribution in [0.2, 0.25) is 0 Å². The summed E-state index contributed by atoms with van der Waals surface area (Å²) in [5.41, 5.74) is 2.62. The monoisotopic (exact) mass is 1040 g/mol. The van der Waals surface area contributed by atoms with Crippen LogP contribution < -0.4 is 28.4 Å². The quantitative estimate of drug-likeness (QED) is 0.0356. The van der Waals surface area contributed by atoms with Crippen LogP contribution in [0.4, 0.5) is 0 Å². The zero-order valence-electron chi connectivity index (χ0n) is 48.1. The van der Waals surface area contributed by atoms with Gasteiger partial charge in [0.05, 0.1) is 37.6 Å². The number of rotatable bonds is 46. The Morgan fingerprint density at radius 1 is 0.289 bits per heavy atom. The Labute approximate surface area is 461 Å². The van der Waals surface area contributed by atoms with E-state index < -0.39 is 0 Å². The van der Waals surface area contributed by atoms with Crippen molar-refractivity contribution in [1.82, 2.24) is 0 Å². The number of unbranched alkanes of at least 4 members (excludes halogenated alkanes) is 28. The maximum absolute atomic E-state index is 15.7. The van der Waals surface area contributed by atoms with Crippen LogP contribution in [0.25, 0.3) is 0 Å². The number of hydrogen-bond donors (Lipinski definition) is 0. The van der Waals surface area contributed by atoms with Crippen molar-refractivity contribution in [2.24, 2.45) is 0 Å². The maximum atomic E-state index is 15.7. The molecule has 4 aromatic carbocycles. The van der Waals surface area contributed by atoms with Crippen molar-refractivity contribution >= 4 is 11.6 Å². The van der Waals surface area contributed by atoms with E-state index in [-0.39, 0.29) is 58.5 Å². The molecule has 1 aliphatic carbocycles. The van der Waals surface area contributed by atoms with Crippen LogP contribution in [0.3, 0.4) is 0 Å². The van der Waals surface area contributed by atoms with Crippen molar-refractivity contribution in [3.63, 3.8) is 0 Å². The fraction of sp³-hybridized carbons (Fsp3) is 0.618. The van der Waals surface area contributed by atoms with Crippen molar-refractivity contribution in [3.05, 3.63) is 106 Å². The molecule has 5 rings (SSSR count). The molecule has 420 valence electrons. The number of benzene rings is 4. The lowest BCUT2D eigenvalue weighted by molar-refractivity contribution is 0.0967. The molecule has 0 heterocycles. The summed E-state index contributed by atoms with van der Waals surface area (Å²) in [5, 5.41) is 0. The molecule has 0 aromatic heterocycles. The van der Waals surface area contributed by atoms with Crippen LogP contribution in [0.1, 0.15) is 276 Å². The summed E-state index contributed by atoms with van der Waals surface area (Å²) in [5.74, 6) is 1.34. The predicted octanol–water partition coefficient (Wildman–Crippen LogP) is 19.7. The van der Waals surface area contributed by atoms with Gasteiger partial charge in [0.2, 0.25) is 11.5 Å². The first-order valence-corrected chi connectivity index (χ1v) is 30.9. The number of ketones is 2. The molecule has 1 aliphatic rings. The van der Waals surface area contributed by atoms with Crippen molar-refractivity contribution in [1.29, 1.82) is 0 Å². The molecule has 0 amide bonds. The van der Waals surface area contributed by atoms with Gasteiger partial charge in [0, 0.05) is 11.1 Å². The third-order valence-electron chi connectivity index (χ3n) is 14.8. The second kappa shape index (κ2) is 38.5. The highest BCUT2D eigenvalue weighted by Crippen LogP contribution is 2.51. The maximum Gasteiger partial charge on any atom is 0.204 e. The Balaban J connectivity index is 1.55. The Bertz CT molecular complexity index is 2030. The highest BCUT2D eigenvalue weighted by Gasteiger charge is 2.41. The van der Waals surface area contributed by atoms with E-state index in [1.54, 1.807) is 12.1 Å². The first-order valence-electron chi connectivity index (χ1n) is 30.9. The fourth-order valence-corrected chi connectivity index (χ4v) is 10.2. The van der Waals surface area contributed by atoms with Crippen LogP contribution in [0.15, 0.2) is 72.8 Å². The SMILES string of the molecule is CCCCCCCCCCOc1cc2c(c(OCc3ccccc3)c1OCCCCCCCCCC)C(=O)c1cc(OCCCCCCCCCC)c(OCCCCCCCCCC)c(OCc3ccccc3)c1C2=O. The molecule has 0 bridgehead atoms. The second-order valence-corrected chi connectivity index (χ2v) is 21.4. The van der Waals surface area contributed by atoms with E-state index >= 15 is 9.59 Å². The highest BCUT2D eigenvalue weighted by molar-refractivity contribution is 6.31. The Morgan fingerprint density at radius 3 is 0.842 bits per heavy atom. The van der Waals surface area contributed by atoms with E-state index in [9.17, 15) is 0 Å². The fourth-order valence-electron chi connectivity index (χ4n) is 10.2. The van der Waals surface area contributed by atoms with Gasteiger partial charge >= 0.3 is 0 Å².